The van der Waals surface area contributed by atoms with Gasteiger partial charge in [0.05, 0.1) is 0 Å². The molecule has 0 bridgehead atoms. The molecule has 1 saturated heterocycles. The summed E-state index contributed by atoms with van der Waals surface area (Å²) in [6.07, 6.45) is -0.218. The maximum atomic E-state index is 11.3. The molecule has 3 nitrogen and oxygen atoms in total. The lowest BCUT2D eigenvalue weighted by Gasteiger charge is -2.14. The maximum Gasteiger partial charge on any atom is 0.252 e. The van der Waals surface area contributed by atoms with Gasteiger partial charge in [0.2, 0.25) is 0 Å². The van der Waals surface area contributed by atoms with Crippen molar-refractivity contribution in [3.05, 3.63) is 0 Å². The number of carbonyl (C=O) groups excluding carboxylic acids is 1. The molecule has 0 aromatic rings. The first-order chi connectivity index (χ1) is 5.11. The highest BCUT2D eigenvalue weighted by atomic mass is 32.2. The highest BCUT2D eigenvalue weighted by Crippen LogP contribution is 2.24. The highest BCUT2D eigenvalue weighted by Gasteiger charge is 2.29. The van der Waals surface area contributed by atoms with Crippen LogP contribution in [0.3, 0.4) is 0 Å². The van der Waals surface area contributed by atoms with E-state index in [2.05, 4.69) is 0 Å². The van der Waals surface area contributed by atoms with Crippen LogP contribution >= 0.6 is 11.8 Å². The van der Waals surface area contributed by atoms with Crippen molar-refractivity contribution in [3.63, 3.8) is 0 Å². The Kier molecular flexibility index (Phi) is 2.78. The number of hydrogen-bond acceptors (Lipinski definition) is 3. The average molecular weight is 175 g/mol. The molecule has 1 aliphatic rings. The molecule has 1 fully saturated rings. The third-order valence-corrected chi connectivity index (χ3v) is 2.63. The van der Waals surface area contributed by atoms with Gasteiger partial charge in [0.1, 0.15) is 11.5 Å². The summed E-state index contributed by atoms with van der Waals surface area (Å²) in [5.41, 5.74) is 0.170. The molecular weight excluding hydrogens is 162 g/mol. The largest absolute Gasteiger partial charge is 0.354 e. The van der Waals surface area contributed by atoms with E-state index in [9.17, 15) is 4.79 Å². The minimum atomic E-state index is -0.218. The number of nitrogens with zero attached hydrogens (tertiary/aromatic N) is 1. The molecule has 0 unspecified atom stereocenters. The van der Waals surface area contributed by atoms with Crippen molar-refractivity contribution in [2.45, 2.75) is 18.5 Å². The van der Waals surface area contributed by atoms with Crippen LogP contribution in [0.2, 0.25) is 0 Å². The second kappa shape index (κ2) is 3.45. The Hall–Kier alpha value is -0.220. The lowest BCUT2D eigenvalue weighted by molar-refractivity contribution is -0.139. The van der Waals surface area contributed by atoms with Crippen LogP contribution in [0.4, 0.5) is 0 Å². The van der Waals surface area contributed by atoms with Crippen LogP contribution in [0.25, 0.3) is 0 Å². The molecular formula is C7H13NO2S. The van der Waals surface area contributed by atoms with E-state index >= 15 is 0 Å². The molecule has 1 amide bonds. The number of hydrogen-bond donors (Lipinski definition) is 0. The van der Waals surface area contributed by atoms with Gasteiger partial charge in [-0.15, -0.1) is 11.8 Å². The SMILES string of the molecule is C[C@@H]1O[C@H](C(=O)N(C)C)CS1. The molecule has 2 atom stereocenters. The van der Waals surface area contributed by atoms with Gasteiger partial charge in [0.15, 0.2) is 0 Å². The van der Waals surface area contributed by atoms with Crippen molar-refractivity contribution < 1.29 is 9.53 Å². The zero-order valence-electron chi connectivity index (χ0n) is 7.03. The third kappa shape index (κ3) is 2.10. The number of rotatable bonds is 1. The standard InChI is InChI=1S/C7H13NO2S/c1-5-10-6(4-11-5)7(9)8(2)3/h5-6H,4H2,1-3H3/t5-,6+/m1/s1. The first-order valence-corrected chi connectivity index (χ1v) is 4.64. The van der Waals surface area contributed by atoms with E-state index in [1.807, 2.05) is 6.92 Å². The van der Waals surface area contributed by atoms with Crippen LogP contribution in [-0.2, 0) is 9.53 Å². The zero-order valence-corrected chi connectivity index (χ0v) is 7.85. The first kappa shape index (κ1) is 8.87. The summed E-state index contributed by atoms with van der Waals surface area (Å²) in [5.74, 6) is 0.861. The molecule has 0 aromatic carbocycles. The highest BCUT2D eigenvalue weighted by molar-refractivity contribution is 8.00. The van der Waals surface area contributed by atoms with Crippen LogP contribution in [-0.4, -0.2) is 42.2 Å². The van der Waals surface area contributed by atoms with E-state index in [0.29, 0.717) is 0 Å². The molecule has 0 spiro atoms. The van der Waals surface area contributed by atoms with Crippen molar-refractivity contribution in [1.82, 2.24) is 4.90 Å². The molecule has 1 rings (SSSR count). The fourth-order valence-electron chi connectivity index (χ4n) is 0.950. The van der Waals surface area contributed by atoms with Gasteiger partial charge >= 0.3 is 0 Å². The molecule has 1 heterocycles. The van der Waals surface area contributed by atoms with Crippen LogP contribution in [0, 0.1) is 0 Å². The summed E-state index contributed by atoms with van der Waals surface area (Å²) < 4.78 is 5.36. The van der Waals surface area contributed by atoms with Crippen molar-refractivity contribution in [1.29, 1.82) is 0 Å². The molecule has 0 aliphatic carbocycles. The number of amides is 1. The van der Waals surface area contributed by atoms with Crippen molar-refractivity contribution in [3.8, 4) is 0 Å². The summed E-state index contributed by atoms with van der Waals surface area (Å²) in [4.78, 5) is 12.9. The van der Waals surface area contributed by atoms with E-state index < -0.39 is 0 Å². The topological polar surface area (TPSA) is 29.5 Å². The van der Waals surface area contributed by atoms with Crippen LogP contribution in [0.15, 0.2) is 0 Å². The first-order valence-electron chi connectivity index (χ1n) is 3.59. The second-order valence-corrected chi connectivity index (χ2v) is 4.09. The minimum absolute atomic E-state index is 0.0712. The summed E-state index contributed by atoms with van der Waals surface area (Å²) in [7, 11) is 3.50. The summed E-state index contributed by atoms with van der Waals surface area (Å²) in [5, 5.41) is 0. The molecule has 0 saturated carbocycles. The summed E-state index contributed by atoms with van der Waals surface area (Å²) in [6.45, 7) is 1.97. The van der Waals surface area contributed by atoms with E-state index in [-0.39, 0.29) is 17.4 Å². The number of likely N-dealkylation sites (N-methyl/N-ethyl adjacent to an activating group) is 1. The number of thioether (sulfide) groups is 1. The molecule has 64 valence electrons. The van der Waals surface area contributed by atoms with Crippen LogP contribution in [0.1, 0.15) is 6.92 Å². The Labute approximate surface area is 71.1 Å². The van der Waals surface area contributed by atoms with E-state index in [4.69, 9.17) is 4.74 Å². The third-order valence-electron chi connectivity index (χ3n) is 1.55. The minimum Gasteiger partial charge on any atom is -0.354 e. The van der Waals surface area contributed by atoms with Gasteiger partial charge < -0.3 is 9.64 Å². The zero-order chi connectivity index (χ0) is 8.43. The molecule has 11 heavy (non-hydrogen) atoms. The average Bonchev–Trinajstić information content (AvgIpc) is 2.34. The van der Waals surface area contributed by atoms with E-state index in [1.54, 1.807) is 30.8 Å². The predicted molar refractivity (Wildman–Crippen MR) is 45.5 cm³/mol. The quantitative estimate of drug-likeness (QED) is 0.583. The van der Waals surface area contributed by atoms with Crippen LogP contribution in [0.5, 0.6) is 0 Å². The number of ether oxygens (including phenoxy) is 1. The Morgan fingerprint density at radius 2 is 2.27 bits per heavy atom. The molecule has 0 radical (unpaired) electrons. The fraction of sp³-hybridized carbons (Fsp3) is 0.857. The maximum absolute atomic E-state index is 11.3. The smallest absolute Gasteiger partial charge is 0.252 e. The van der Waals surface area contributed by atoms with Crippen molar-refractivity contribution in [2.24, 2.45) is 0 Å². The summed E-state index contributed by atoms with van der Waals surface area (Å²) >= 11 is 1.68. The molecule has 1 aliphatic heterocycles. The Bertz CT molecular complexity index is 161. The molecule has 0 aromatic heterocycles. The van der Waals surface area contributed by atoms with Crippen molar-refractivity contribution in [2.75, 3.05) is 19.8 Å². The molecule has 0 N–H and O–H groups in total. The normalized spacial score (nSPS) is 30.5. The monoisotopic (exact) mass is 175 g/mol. The van der Waals surface area contributed by atoms with Gasteiger partial charge in [-0.25, -0.2) is 0 Å². The lowest BCUT2D eigenvalue weighted by Crippen LogP contribution is -2.35. The van der Waals surface area contributed by atoms with Gasteiger partial charge in [-0.1, -0.05) is 0 Å². The van der Waals surface area contributed by atoms with Gasteiger partial charge in [-0.2, -0.15) is 0 Å². The van der Waals surface area contributed by atoms with Gasteiger partial charge in [-0.05, 0) is 6.92 Å². The Morgan fingerprint density at radius 1 is 1.64 bits per heavy atom. The Balaban J connectivity index is 2.43. The molecule has 4 heteroatoms. The number of carbonyl (C=O) groups is 1. The predicted octanol–water partition coefficient (Wildman–Crippen LogP) is 0.553. The Morgan fingerprint density at radius 3 is 2.64 bits per heavy atom. The summed E-state index contributed by atoms with van der Waals surface area (Å²) in [6, 6.07) is 0. The second-order valence-electron chi connectivity index (χ2n) is 2.76. The fourth-order valence-corrected chi connectivity index (χ4v) is 1.83. The van der Waals surface area contributed by atoms with E-state index in [1.165, 1.54) is 0 Å². The van der Waals surface area contributed by atoms with Gasteiger partial charge in [0.25, 0.3) is 5.91 Å². The van der Waals surface area contributed by atoms with Crippen molar-refractivity contribution >= 4 is 17.7 Å². The van der Waals surface area contributed by atoms with Gasteiger partial charge in [-0.3, -0.25) is 4.79 Å². The van der Waals surface area contributed by atoms with Crippen LogP contribution < -0.4 is 0 Å². The lowest BCUT2D eigenvalue weighted by atomic mass is 10.3. The van der Waals surface area contributed by atoms with E-state index in [0.717, 1.165) is 5.75 Å². The van der Waals surface area contributed by atoms with Gasteiger partial charge in [0, 0.05) is 19.8 Å².